The Morgan fingerprint density at radius 1 is 1.35 bits per heavy atom. The standard InChI is InChI=1S/C17H29N5O/c1-5-14(4)12-20-10-8-15(9-11-20)22-13-16(18-19-22)17(23)21(6-2)7-3/h5,13,15H,6-12H2,1-4H3/b14-5+. The minimum atomic E-state index is -0.0256. The van der Waals surface area contributed by atoms with Crippen LogP contribution >= 0.6 is 0 Å². The van der Waals surface area contributed by atoms with E-state index in [-0.39, 0.29) is 5.91 Å². The SMILES string of the molecule is C/C=C(\C)CN1CCC(n2cc(C(=O)N(CC)CC)nn2)CC1. The van der Waals surface area contributed by atoms with Gasteiger partial charge in [0.2, 0.25) is 0 Å². The molecular weight excluding hydrogens is 290 g/mol. The van der Waals surface area contributed by atoms with Gasteiger partial charge in [-0.25, -0.2) is 4.68 Å². The normalized spacial score (nSPS) is 17.5. The maximum Gasteiger partial charge on any atom is 0.276 e. The molecule has 1 aromatic heterocycles. The van der Waals surface area contributed by atoms with E-state index in [1.807, 2.05) is 24.7 Å². The Hall–Kier alpha value is -1.69. The van der Waals surface area contributed by atoms with Crippen LogP contribution in [0.25, 0.3) is 0 Å². The van der Waals surface area contributed by atoms with Crippen molar-refractivity contribution in [2.24, 2.45) is 0 Å². The Bertz CT molecular complexity index is 539. The van der Waals surface area contributed by atoms with Crippen molar-refractivity contribution in [3.8, 4) is 0 Å². The number of nitrogens with zero attached hydrogens (tertiary/aromatic N) is 5. The summed E-state index contributed by atoms with van der Waals surface area (Å²) in [5.74, 6) is -0.0256. The molecule has 1 saturated heterocycles. The number of carbonyl (C=O) groups excluding carboxylic acids is 1. The molecule has 0 aliphatic carbocycles. The molecule has 128 valence electrons. The summed E-state index contributed by atoms with van der Waals surface area (Å²) < 4.78 is 1.89. The quantitative estimate of drug-likeness (QED) is 0.755. The Balaban J connectivity index is 1.93. The summed E-state index contributed by atoms with van der Waals surface area (Å²) in [4.78, 5) is 16.6. The molecule has 1 aliphatic rings. The van der Waals surface area contributed by atoms with Gasteiger partial charge in [-0.1, -0.05) is 16.9 Å². The summed E-state index contributed by atoms with van der Waals surface area (Å²) in [6.07, 6.45) is 6.10. The smallest absolute Gasteiger partial charge is 0.276 e. The number of piperidine rings is 1. The average Bonchev–Trinajstić information content (AvgIpc) is 3.06. The second-order valence-corrected chi connectivity index (χ2v) is 6.20. The fourth-order valence-electron chi connectivity index (χ4n) is 3.01. The predicted octanol–water partition coefficient (Wildman–Crippen LogP) is 2.36. The number of carbonyl (C=O) groups is 1. The first-order valence-corrected chi connectivity index (χ1v) is 8.64. The molecule has 2 rings (SSSR count). The first-order valence-electron chi connectivity index (χ1n) is 8.64. The van der Waals surface area contributed by atoms with Crippen LogP contribution in [0.4, 0.5) is 0 Å². The van der Waals surface area contributed by atoms with Gasteiger partial charge >= 0.3 is 0 Å². The van der Waals surface area contributed by atoms with Gasteiger partial charge in [-0.05, 0) is 40.5 Å². The fourth-order valence-corrected chi connectivity index (χ4v) is 3.01. The summed E-state index contributed by atoms with van der Waals surface area (Å²) in [6, 6.07) is 0.350. The molecule has 0 radical (unpaired) electrons. The van der Waals surface area contributed by atoms with Crippen LogP contribution in [0.15, 0.2) is 17.8 Å². The van der Waals surface area contributed by atoms with Crippen LogP contribution in [0.5, 0.6) is 0 Å². The minimum absolute atomic E-state index is 0.0256. The number of amides is 1. The summed E-state index contributed by atoms with van der Waals surface area (Å²) in [6.45, 7) is 12.8. The van der Waals surface area contributed by atoms with Gasteiger partial charge in [0.05, 0.1) is 12.2 Å². The van der Waals surface area contributed by atoms with E-state index >= 15 is 0 Å². The number of rotatable bonds is 6. The van der Waals surface area contributed by atoms with E-state index in [0.29, 0.717) is 24.8 Å². The summed E-state index contributed by atoms with van der Waals surface area (Å²) in [5, 5.41) is 8.29. The largest absolute Gasteiger partial charge is 0.338 e. The predicted molar refractivity (Wildman–Crippen MR) is 91.4 cm³/mol. The van der Waals surface area contributed by atoms with E-state index < -0.39 is 0 Å². The molecule has 2 heterocycles. The fraction of sp³-hybridized carbons (Fsp3) is 0.706. The molecule has 0 spiro atoms. The lowest BCUT2D eigenvalue weighted by Gasteiger charge is -2.31. The molecule has 0 atom stereocenters. The molecule has 1 amide bonds. The zero-order valence-corrected chi connectivity index (χ0v) is 14.8. The number of hydrogen-bond acceptors (Lipinski definition) is 4. The van der Waals surface area contributed by atoms with Gasteiger partial charge in [0.1, 0.15) is 0 Å². The summed E-state index contributed by atoms with van der Waals surface area (Å²) in [7, 11) is 0. The number of hydrogen-bond donors (Lipinski definition) is 0. The van der Waals surface area contributed by atoms with Crippen molar-refractivity contribution in [3.63, 3.8) is 0 Å². The van der Waals surface area contributed by atoms with Gasteiger partial charge in [-0.15, -0.1) is 5.10 Å². The van der Waals surface area contributed by atoms with Crippen molar-refractivity contribution in [1.29, 1.82) is 0 Å². The highest BCUT2D eigenvalue weighted by molar-refractivity contribution is 5.91. The molecule has 0 N–H and O–H groups in total. The van der Waals surface area contributed by atoms with Gasteiger partial charge < -0.3 is 4.90 Å². The number of aromatic nitrogens is 3. The van der Waals surface area contributed by atoms with E-state index in [0.717, 1.165) is 32.5 Å². The van der Waals surface area contributed by atoms with Crippen molar-refractivity contribution in [2.75, 3.05) is 32.7 Å². The van der Waals surface area contributed by atoms with E-state index in [2.05, 4.69) is 35.1 Å². The third-order valence-corrected chi connectivity index (χ3v) is 4.68. The zero-order valence-electron chi connectivity index (χ0n) is 14.8. The van der Waals surface area contributed by atoms with Crippen LogP contribution in [-0.4, -0.2) is 63.4 Å². The Morgan fingerprint density at radius 2 is 2.00 bits per heavy atom. The Kier molecular flexibility index (Phi) is 6.33. The molecule has 1 aromatic rings. The van der Waals surface area contributed by atoms with Crippen LogP contribution in [0.2, 0.25) is 0 Å². The highest BCUT2D eigenvalue weighted by atomic mass is 16.2. The van der Waals surface area contributed by atoms with Crippen molar-refractivity contribution in [2.45, 2.75) is 46.6 Å². The molecule has 0 aromatic carbocycles. The molecule has 0 bridgehead atoms. The lowest BCUT2D eigenvalue weighted by Crippen LogP contribution is -2.35. The molecule has 1 aliphatic heterocycles. The van der Waals surface area contributed by atoms with E-state index in [9.17, 15) is 4.79 Å². The topological polar surface area (TPSA) is 54.3 Å². The molecule has 23 heavy (non-hydrogen) atoms. The third kappa shape index (κ3) is 4.41. The van der Waals surface area contributed by atoms with Gasteiger partial charge in [-0.3, -0.25) is 9.69 Å². The first kappa shape index (κ1) is 17.7. The molecule has 0 saturated carbocycles. The molecule has 6 heteroatoms. The highest BCUT2D eigenvalue weighted by Crippen LogP contribution is 2.22. The second kappa shape index (κ2) is 8.24. The van der Waals surface area contributed by atoms with E-state index in [1.165, 1.54) is 5.57 Å². The Morgan fingerprint density at radius 3 is 2.57 bits per heavy atom. The van der Waals surface area contributed by atoms with Crippen molar-refractivity contribution in [3.05, 3.63) is 23.5 Å². The van der Waals surface area contributed by atoms with Gasteiger partial charge in [0, 0.05) is 32.7 Å². The first-order chi connectivity index (χ1) is 11.1. The van der Waals surface area contributed by atoms with Gasteiger partial charge in [0.15, 0.2) is 5.69 Å². The maximum atomic E-state index is 12.3. The van der Waals surface area contributed by atoms with E-state index in [4.69, 9.17) is 0 Å². The van der Waals surface area contributed by atoms with E-state index in [1.54, 1.807) is 4.90 Å². The lowest BCUT2D eigenvalue weighted by atomic mass is 10.0. The molecule has 0 unspecified atom stereocenters. The molecular formula is C17H29N5O. The van der Waals surface area contributed by atoms with Crippen LogP contribution in [0.1, 0.15) is 57.1 Å². The van der Waals surface area contributed by atoms with Crippen LogP contribution in [-0.2, 0) is 0 Å². The van der Waals surface area contributed by atoms with Crippen LogP contribution < -0.4 is 0 Å². The van der Waals surface area contributed by atoms with Crippen LogP contribution in [0.3, 0.4) is 0 Å². The second-order valence-electron chi connectivity index (χ2n) is 6.20. The van der Waals surface area contributed by atoms with Gasteiger partial charge in [0.25, 0.3) is 5.91 Å². The third-order valence-electron chi connectivity index (χ3n) is 4.68. The summed E-state index contributed by atoms with van der Waals surface area (Å²) in [5.41, 5.74) is 1.87. The minimum Gasteiger partial charge on any atom is -0.338 e. The van der Waals surface area contributed by atoms with Crippen molar-refractivity contribution >= 4 is 5.91 Å². The number of likely N-dealkylation sites (tertiary alicyclic amines) is 1. The van der Waals surface area contributed by atoms with Gasteiger partial charge in [-0.2, -0.15) is 0 Å². The highest BCUT2D eigenvalue weighted by Gasteiger charge is 2.23. The van der Waals surface area contributed by atoms with Crippen molar-refractivity contribution in [1.82, 2.24) is 24.8 Å². The monoisotopic (exact) mass is 319 g/mol. The lowest BCUT2D eigenvalue weighted by molar-refractivity contribution is 0.0767. The average molecular weight is 319 g/mol. The van der Waals surface area contributed by atoms with Crippen LogP contribution in [0, 0.1) is 0 Å². The summed E-state index contributed by atoms with van der Waals surface area (Å²) >= 11 is 0. The zero-order chi connectivity index (χ0) is 16.8. The molecule has 1 fully saturated rings. The molecule has 6 nitrogen and oxygen atoms in total. The Labute approximate surface area is 139 Å². The maximum absolute atomic E-state index is 12.3. The van der Waals surface area contributed by atoms with Crippen molar-refractivity contribution < 1.29 is 4.79 Å². The number of allylic oxidation sites excluding steroid dienone is 1.